The lowest BCUT2D eigenvalue weighted by Crippen LogP contribution is -2.24. The molecule has 0 aliphatic carbocycles. The molecular weight excluding hydrogens is 287 g/mol. The van der Waals surface area contributed by atoms with Crippen molar-refractivity contribution in [1.82, 2.24) is 5.32 Å². The summed E-state index contributed by atoms with van der Waals surface area (Å²) in [5, 5.41) is 3.20. The molecule has 2 rings (SSSR count). The first-order valence-corrected chi connectivity index (χ1v) is 6.54. The predicted molar refractivity (Wildman–Crippen MR) is 73.3 cm³/mol. The zero-order chi connectivity index (χ0) is 14.7. The Labute approximate surface area is 120 Å². The zero-order valence-electron chi connectivity index (χ0n) is 10.8. The van der Waals surface area contributed by atoms with Crippen LogP contribution >= 0.6 is 11.6 Å². The fraction of sp³-hybridized carbons (Fsp3) is 0.200. The molecule has 0 aliphatic rings. The summed E-state index contributed by atoms with van der Waals surface area (Å²) in [5.41, 5.74) is 0.286. The van der Waals surface area contributed by atoms with Crippen LogP contribution in [-0.4, -0.2) is 6.54 Å². The van der Waals surface area contributed by atoms with E-state index in [0.29, 0.717) is 6.54 Å². The van der Waals surface area contributed by atoms with Crippen molar-refractivity contribution < 1.29 is 13.2 Å². The molecule has 1 atom stereocenters. The second-order valence-electron chi connectivity index (χ2n) is 4.30. The van der Waals surface area contributed by atoms with Crippen molar-refractivity contribution in [3.05, 3.63) is 70.0 Å². The summed E-state index contributed by atoms with van der Waals surface area (Å²) in [6, 6.07) is 7.22. The highest BCUT2D eigenvalue weighted by molar-refractivity contribution is 6.30. The SMILES string of the molecule is CCNC(c1ccc(Cl)cc1F)c1cccc(F)c1F. The third-order valence-corrected chi connectivity index (χ3v) is 3.21. The van der Waals surface area contributed by atoms with Crippen molar-refractivity contribution in [3.63, 3.8) is 0 Å². The van der Waals surface area contributed by atoms with Crippen LogP contribution < -0.4 is 5.32 Å². The molecule has 1 unspecified atom stereocenters. The van der Waals surface area contributed by atoms with Crippen LogP contribution in [0.5, 0.6) is 0 Å². The van der Waals surface area contributed by atoms with E-state index in [9.17, 15) is 13.2 Å². The largest absolute Gasteiger partial charge is 0.306 e. The predicted octanol–water partition coefficient (Wildman–Crippen LogP) is 4.46. The van der Waals surface area contributed by atoms with Gasteiger partial charge in [-0.15, -0.1) is 0 Å². The van der Waals surface area contributed by atoms with Gasteiger partial charge in [0.25, 0.3) is 0 Å². The molecule has 0 heterocycles. The van der Waals surface area contributed by atoms with E-state index in [0.717, 1.165) is 12.1 Å². The van der Waals surface area contributed by atoms with E-state index in [-0.39, 0.29) is 16.1 Å². The topological polar surface area (TPSA) is 12.0 Å². The van der Waals surface area contributed by atoms with Crippen LogP contribution in [0.15, 0.2) is 36.4 Å². The molecular formula is C15H13ClF3N. The third kappa shape index (κ3) is 2.97. The smallest absolute Gasteiger partial charge is 0.163 e. The van der Waals surface area contributed by atoms with Crippen molar-refractivity contribution in [2.24, 2.45) is 0 Å². The summed E-state index contributed by atoms with van der Waals surface area (Å²) in [6.45, 7) is 2.28. The maximum absolute atomic E-state index is 14.0. The summed E-state index contributed by atoms with van der Waals surface area (Å²) in [5.74, 6) is -2.50. The molecule has 0 bridgehead atoms. The number of halogens is 4. The maximum Gasteiger partial charge on any atom is 0.163 e. The van der Waals surface area contributed by atoms with Crippen LogP contribution in [0.3, 0.4) is 0 Å². The molecule has 2 aromatic carbocycles. The van der Waals surface area contributed by atoms with Crippen LogP contribution in [0.25, 0.3) is 0 Å². The Balaban J connectivity index is 2.53. The van der Waals surface area contributed by atoms with Crippen molar-refractivity contribution in [2.45, 2.75) is 13.0 Å². The molecule has 0 aromatic heterocycles. The van der Waals surface area contributed by atoms with E-state index in [4.69, 9.17) is 11.6 Å². The fourth-order valence-corrected chi connectivity index (χ4v) is 2.23. The molecule has 0 aliphatic heterocycles. The van der Waals surface area contributed by atoms with Crippen molar-refractivity contribution >= 4 is 11.6 Å². The summed E-state index contributed by atoms with van der Waals surface area (Å²) in [6.07, 6.45) is 0. The molecule has 1 N–H and O–H groups in total. The Bertz CT molecular complexity index is 616. The first kappa shape index (κ1) is 14.9. The quantitative estimate of drug-likeness (QED) is 0.879. The first-order valence-electron chi connectivity index (χ1n) is 6.16. The van der Waals surface area contributed by atoms with E-state index in [1.807, 2.05) is 0 Å². The third-order valence-electron chi connectivity index (χ3n) is 2.97. The molecule has 0 spiro atoms. The molecule has 0 radical (unpaired) electrons. The van der Waals surface area contributed by atoms with Gasteiger partial charge in [0.1, 0.15) is 5.82 Å². The van der Waals surface area contributed by atoms with Gasteiger partial charge in [-0.1, -0.05) is 36.7 Å². The van der Waals surface area contributed by atoms with Gasteiger partial charge in [0.05, 0.1) is 6.04 Å². The highest BCUT2D eigenvalue weighted by Gasteiger charge is 2.22. The van der Waals surface area contributed by atoms with E-state index in [2.05, 4.69) is 5.32 Å². The first-order chi connectivity index (χ1) is 9.54. The summed E-state index contributed by atoms with van der Waals surface area (Å²) in [4.78, 5) is 0. The Morgan fingerprint density at radius 2 is 1.80 bits per heavy atom. The number of benzene rings is 2. The minimum atomic E-state index is -0.979. The second kappa shape index (κ2) is 6.29. The average molecular weight is 300 g/mol. The highest BCUT2D eigenvalue weighted by Crippen LogP contribution is 2.28. The highest BCUT2D eigenvalue weighted by atomic mass is 35.5. The normalized spacial score (nSPS) is 12.4. The average Bonchev–Trinajstić information content (AvgIpc) is 2.40. The number of rotatable bonds is 4. The van der Waals surface area contributed by atoms with Crippen molar-refractivity contribution in [2.75, 3.05) is 6.54 Å². The minimum absolute atomic E-state index is 0.0630. The summed E-state index contributed by atoms with van der Waals surface area (Å²) < 4.78 is 41.3. The van der Waals surface area contributed by atoms with Gasteiger partial charge in [-0.05, 0) is 24.7 Å². The van der Waals surface area contributed by atoms with E-state index in [1.165, 1.54) is 24.3 Å². The Kier molecular flexibility index (Phi) is 4.68. The number of hydrogen-bond donors (Lipinski definition) is 1. The molecule has 5 heteroatoms. The van der Waals surface area contributed by atoms with Gasteiger partial charge in [0, 0.05) is 16.1 Å². The second-order valence-corrected chi connectivity index (χ2v) is 4.74. The van der Waals surface area contributed by atoms with Gasteiger partial charge in [-0.2, -0.15) is 0 Å². The van der Waals surface area contributed by atoms with Gasteiger partial charge >= 0.3 is 0 Å². The monoisotopic (exact) mass is 299 g/mol. The summed E-state index contributed by atoms with van der Waals surface area (Å²) >= 11 is 5.71. The molecule has 0 saturated carbocycles. The van der Waals surface area contributed by atoms with Gasteiger partial charge in [0.2, 0.25) is 0 Å². The van der Waals surface area contributed by atoms with Crippen LogP contribution in [-0.2, 0) is 0 Å². The Hall–Kier alpha value is -1.52. The molecule has 20 heavy (non-hydrogen) atoms. The molecule has 0 fully saturated rings. The minimum Gasteiger partial charge on any atom is -0.306 e. The standard InChI is InChI=1S/C15H13ClF3N/c1-2-20-15(10-7-6-9(16)8-13(10)18)11-4-3-5-12(17)14(11)19/h3-8,15,20H,2H2,1H3. The molecule has 0 saturated heterocycles. The Morgan fingerprint density at radius 1 is 1.05 bits per heavy atom. The molecule has 2 aromatic rings. The summed E-state index contributed by atoms with van der Waals surface area (Å²) in [7, 11) is 0. The van der Waals surface area contributed by atoms with Crippen LogP contribution in [0.4, 0.5) is 13.2 Å². The lowest BCUT2D eigenvalue weighted by Gasteiger charge is -2.20. The Morgan fingerprint density at radius 3 is 2.45 bits per heavy atom. The molecule has 106 valence electrons. The van der Waals surface area contributed by atoms with Crippen LogP contribution in [0.1, 0.15) is 24.1 Å². The van der Waals surface area contributed by atoms with E-state index >= 15 is 0 Å². The maximum atomic E-state index is 14.0. The number of hydrogen-bond acceptors (Lipinski definition) is 1. The van der Waals surface area contributed by atoms with Crippen LogP contribution in [0.2, 0.25) is 5.02 Å². The molecule has 1 nitrogen and oxygen atoms in total. The van der Waals surface area contributed by atoms with Gasteiger partial charge in [-0.3, -0.25) is 0 Å². The van der Waals surface area contributed by atoms with Crippen molar-refractivity contribution in [3.8, 4) is 0 Å². The molecule has 0 amide bonds. The lowest BCUT2D eigenvalue weighted by molar-refractivity contribution is 0.477. The van der Waals surface area contributed by atoms with E-state index in [1.54, 1.807) is 6.92 Å². The van der Waals surface area contributed by atoms with Gasteiger partial charge in [0.15, 0.2) is 11.6 Å². The van der Waals surface area contributed by atoms with E-state index < -0.39 is 23.5 Å². The van der Waals surface area contributed by atoms with Gasteiger partial charge < -0.3 is 5.32 Å². The lowest BCUT2D eigenvalue weighted by atomic mass is 9.97. The van der Waals surface area contributed by atoms with Gasteiger partial charge in [-0.25, -0.2) is 13.2 Å². The number of nitrogens with one attached hydrogen (secondary N) is 1. The zero-order valence-corrected chi connectivity index (χ0v) is 11.5. The van der Waals surface area contributed by atoms with Crippen LogP contribution in [0, 0.1) is 17.5 Å². The fourth-order valence-electron chi connectivity index (χ4n) is 2.07. The van der Waals surface area contributed by atoms with Crippen molar-refractivity contribution in [1.29, 1.82) is 0 Å².